The number of amides is 1. The maximum absolute atomic E-state index is 11.9. The average Bonchev–Trinajstić information content (AvgIpc) is 2.37. The number of anilines is 1. The van der Waals surface area contributed by atoms with Crippen molar-refractivity contribution in [1.29, 1.82) is 0 Å². The van der Waals surface area contributed by atoms with Gasteiger partial charge in [0, 0.05) is 12.6 Å². The third-order valence-corrected chi connectivity index (χ3v) is 3.89. The van der Waals surface area contributed by atoms with Gasteiger partial charge in [0.15, 0.2) is 0 Å². The fourth-order valence-electron chi connectivity index (χ4n) is 2.03. The number of halogens is 1. The topological polar surface area (TPSA) is 68.0 Å². The molecule has 0 aliphatic rings. The Morgan fingerprint density at radius 3 is 2.79 bits per heavy atom. The Labute approximate surface area is 123 Å². The van der Waals surface area contributed by atoms with Crippen LogP contribution in [0.15, 0.2) is 22.9 Å². The normalized spacial score (nSPS) is 12.5. The number of nitrogens with two attached hydrogens (primary N) is 1. The van der Waals surface area contributed by atoms with Crippen LogP contribution in [0.3, 0.4) is 0 Å². The van der Waals surface area contributed by atoms with Crippen molar-refractivity contribution in [3.63, 3.8) is 0 Å². The van der Waals surface area contributed by atoms with E-state index in [1.165, 1.54) is 0 Å². The third kappa shape index (κ3) is 5.70. The lowest BCUT2D eigenvalue weighted by Gasteiger charge is -2.19. The Balaban J connectivity index is 2.45. The Bertz CT molecular complexity index is 409. The van der Waals surface area contributed by atoms with E-state index >= 15 is 0 Å². The van der Waals surface area contributed by atoms with E-state index in [4.69, 9.17) is 5.73 Å². The van der Waals surface area contributed by atoms with Gasteiger partial charge >= 0.3 is 0 Å². The molecule has 0 radical (unpaired) electrons. The molecular weight excluding hydrogens is 306 g/mol. The summed E-state index contributed by atoms with van der Waals surface area (Å²) in [6.45, 7) is 5.03. The monoisotopic (exact) mass is 327 g/mol. The molecule has 1 unspecified atom stereocenters. The molecule has 0 saturated heterocycles. The summed E-state index contributed by atoms with van der Waals surface area (Å²) in [6, 6.07) is 3.63. The van der Waals surface area contributed by atoms with Crippen molar-refractivity contribution >= 4 is 27.5 Å². The summed E-state index contributed by atoms with van der Waals surface area (Å²) in [4.78, 5) is 16.0. The minimum absolute atomic E-state index is 0.0244. The van der Waals surface area contributed by atoms with Crippen molar-refractivity contribution < 1.29 is 4.79 Å². The average molecular weight is 328 g/mol. The summed E-state index contributed by atoms with van der Waals surface area (Å²) in [5, 5.41) is 2.87. The Hall–Kier alpha value is -0.940. The first-order valence-corrected chi connectivity index (χ1v) is 7.44. The second-order valence-corrected chi connectivity index (χ2v) is 5.76. The maximum atomic E-state index is 11.9. The fourth-order valence-corrected chi connectivity index (χ4v) is 2.38. The molecule has 19 heavy (non-hydrogen) atoms. The lowest BCUT2D eigenvalue weighted by atomic mass is 9.88. The molecule has 0 aromatic carbocycles. The first-order valence-electron chi connectivity index (χ1n) is 6.65. The molecular formula is C14H22BrN3O. The number of pyridine rings is 1. The van der Waals surface area contributed by atoms with Crippen LogP contribution in [-0.2, 0) is 4.79 Å². The van der Waals surface area contributed by atoms with Gasteiger partial charge in [-0.15, -0.1) is 0 Å². The number of carbonyl (C=O) groups excluding carboxylic acids is 1. The van der Waals surface area contributed by atoms with E-state index in [0.29, 0.717) is 35.1 Å². The molecule has 3 N–H and O–H groups in total. The highest BCUT2D eigenvalue weighted by Crippen LogP contribution is 2.22. The first kappa shape index (κ1) is 16.1. The molecule has 4 nitrogen and oxygen atoms in total. The van der Waals surface area contributed by atoms with Gasteiger partial charge in [-0.1, -0.05) is 13.8 Å². The van der Waals surface area contributed by atoms with Gasteiger partial charge in [0.1, 0.15) is 4.60 Å². The van der Waals surface area contributed by atoms with E-state index in [9.17, 15) is 4.79 Å². The van der Waals surface area contributed by atoms with E-state index in [2.05, 4.69) is 40.1 Å². The second kappa shape index (κ2) is 8.27. The van der Waals surface area contributed by atoms with Crippen LogP contribution in [0.25, 0.3) is 0 Å². The Morgan fingerprint density at radius 1 is 1.47 bits per heavy atom. The standard InChI is InChI=1S/C14H22BrN3O/c1-10(2)11(7-8-16)5-6-13(19)18-12-4-3-9-17-14(12)15/h3-4,9-11H,5-8,16H2,1-2H3,(H,18,19). The molecule has 1 atom stereocenters. The number of rotatable bonds is 7. The SMILES string of the molecule is CC(C)C(CCN)CCC(=O)Nc1cccnc1Br. The fraction of sp³-hybridized carbons (Fsp3) is 0.571. The van der Waals surface area contributed by atoms with Crippen molar-refractivity contribution in [2.45, 2.75) is 33.1 Å². The number of nitrogens with one attached hydrogen (secondary N) is 1. The zero-order valence-corrected chi connectivity index (χ0v) is 13.1. The van der Waals surface area contributed by atoms with E-state index in [0.717, 1.165) is 12.8 Å². The Kier molecular flexibility index (Phi) is 7.02. The van der Waals surface area contributed by atoms with Gasteiger partial charge in [-0.3, -0.25) is 4.79 Å². The molecule has 0 aliphatic heterocycles. The molecule has 0 saturated carbocycles. The summed E-state index contributed by atoms with van der Waals surface area (Å²) in [5.74, 6) is 1.09. The number of nitrogens with zero attached hydrogens (tertiary/aromatic N) is 1. The molecule has 1 aromatic rings. The van der Waals surface area contributed by atoms with Gasteiger partial charge in [-0.25, -0.2) is 4.98 Å². The lowest BCUT2D eigenvalue weighted by Crippen LogP contribution is -2.18. The smallest absolute Gasteiger partial charge is 0.224 e. The lowest BCUT2D eigenvalue weighted by molar-refractivity contribution is -0.116. The van der Waals surface area contributed by atoms with Crippen molar-refractivity contribution in [3.05, 3.63) is 22.9 Å². The summed E-state index contributed by atoms with van der Waals surface area (Å²) in [5.41, 5.74) is 6.32. The van der Waals surface area contributed by atoms with Gasteiger partial charge in [0.05, 0.1) is 5.69 Å². The first-order chi connectivity index (χ1) is 9.04. The number of aromatic nitrogens is 1. The zero-order chi connectivity index (χ0) is 14.3. The van der Waals surface area contributed by atoms with Gasteiger partial charge in [-0.2, -0.15) is 0 Å². The number of hydrogen-bond acceptors (Lipinski definition) is 3. The quantitative estimate of drug-likeness (QED) is 0.756. The predicted octanol–water partition coefficient (Wildman–Crippen LogP) is 3.18. The van der Waals surface area contributed by atoms with Crippen LogP contribution in [0.2, 0.25) is 0 Å². The third-order valence-electron chi connectivity index (χ3n) is 3.26. The van der Waals surface area contributed by atoms with Gasteiger partial charge < -0.3 is 11.1 Å². The molecule has 1 rings (SSSR count). The van der Waals surface area contributed by atoms with Crippen molar-refractivity contribution in [2.24, 2.45) is 17.6 Å². The molecule has 106 valence electrons. The van der Waals surface area contributed by atoms with Crippen LogP contribution < -0.4 is 11.1 Å². The van der Waals surface area contributed by atoms with E-state index in [-0.39, 0.29) is 5.91 Å². The van der Waals surface area contributed by atoms with Crippen LogP contribution in [0.4, 0.5) is 5.69 Å². The van der Waals surface area contributed by atoms with Crippen molar-refractivity contribution in [2.75, 3.05) is 11.9 Å². The zero-order valence-electron chi connectivity index (χ0n) is 11.5. The minimum Gasteiger partial charge on any atom is -0.330 e. The summed E-state index contributed by atoms with van der Waals surface area (Å²) < 4.78 is 0.658. The van der Waals surface area contributed by atoms with Crippen LogP contribution >= 0.6 is 15.9 Å². The molecule has 1 amide bonds. The van der Waals surface area contributed by atoms with Crippen molar-refractivity contribution in [1.82, 2.24) is 4.98 Å². The maximum Gasteiger partial charge on any atom is 0.224 e. The van der Waals surface area contributed by atoms with Crippen molar-refractivity contribution in [3.8, 4) is 0 Å². The highest BCUT2D eigenvalue weighted by atomic mass is 79.9. The molecule has 1 heterocycles. The molecule has 1 aromatic heterocycles. The Morgan fingerprint density at radius 2 is 2.21 bits per heavy atom. The number of hydrogen-bond donors (Lipinski definition) is 2. The van der Waals surface area contributed by atoms with Gasteiger partial charge in [0.2, 0.25) is 5.91 Å². The molecule has 0 bridgehead atoms. The predicted molar refractivity (Wildman–Crippen MR) is 81.8 cm³/mol. The van der Waals surface area contributed by atoms with Gasteiger partial charge in [-0.05, 0) is 59.3 Å². The van der Waals surface area contributed by atoms with Crippen LogP contribution in [0, 0.1) is 11.8 Å². The minimum atomic E-state index is 0.0244. The largest absolute Gasteiger partial charge is 0.330 e. The highest BCUT2D eigenvalue weighted by molar-refractivity contribution is 9.10. The van der Waals surface area contributed by atoms with E-state index in [1.54, 1.807) is 12.3 Å². The molecule has 0 fully saturated rings. The van der Waals surface area contributed by atoms with Crippen LogP contribution in [-0.4, -0.2) is 17.4 Å². The van der Waals surface area contributed by atoms with Crippen LogP contribution in [0.1, 0.15) is 33.1 Å². The second-order valence-electron chi connectivity index (χ2n) is 5.01. The highest BCUT2D eigenvalue weighted by Gasteiger charge is 2.15. The van der Waals surface area contributed by atoms with E-state index < -0.39 is 0 Å². The van der Waals surface area contributed by atoms with Crippen LogP contribution in [0.5, 0.6) is 0 Å². The summed E-state index contributed by atoms with van der Waals surface area (Å²) >= 11 is 3.31. The van der Waals surface area contributed by atoms with E-state index in [1.807, 2.05) is 6.07 Å². The van der Waals surface area contributed by atoms with Gasteiger partial charge in [0.25, 0.3) is 0 Å². The molecule has 0 spiro atoms. The number of carbonyl (C=O) groups is 1. The summed E-state index contributed by atoms with van der Waals surface area (Å²) in [7, 11) is 0. The molecule has 5 heteroatoms. The molecule has 0 aliphatic carbocycles. The summed E-state index contributed by atoms with van der Waals surface area (Å²) in [6.07, 6.45) is 4.04.